The van der Waals surface area contributed by atoms with Crippen molar-refractivity contribution < 1.29 is 13.2 Å². The highest BCUT2D eigenvalue weighted by atomic mass is 19.4. The lowest BCUT2D eigenvalue weighted by atomic mass is 9.96. The first-order valence-corrected chi connectivity index (χ1v) is 6.73. The molecule has 20 heavy (non-hydrogen) atoms. The third kappa shape index (κ3) is 3.32. The number of hydrogen-bond donors (Lipinski definition) is 1. The third-order valence-electron chi connectivity index (χ3n) is 3.55. The molecule has 2 N–H and O–H groups in total. The van der Waals surface area contributed by atoms with E-state index in [1.807, 2.05) is 18.7 Å². The van der Waals surface area contributed by atoms with E-state index in [0.717, 1.165) is 0 Å². The van der Waals surface area contributed by atoms with Gasteiger partial charge in [-0.15, -0.1) is 0 Å². The third-order valence-corrected chi connectivity index (χ3v) is 3.55. The summed E-state index contributed by atoms with van der Waals surface area (Å²) in [7, 11) is 0. The van der Waals surface area contributed by atoms with Gasteiger partial charge in [-0.1, -0.05) is 13.8 Å². The number of piperidine rings is 1. The molecule has 1 saturated heterocycles. The van der Waals surface area contributed by atoms with Crippen LogP contribution in [0.1, 0.15) is 38.4 Å². The van der Waals surface area contributed by atoms with Crippen LogP contribution in [0, 0.1) is 5.92 Å². The van der Waals surface area contributed by atoms with E-state index in [1.54, 1.807) is 6.07 Å². The van der Waals surface area contributed by atoms with Crippen molar-refractivity contribution >= 4 is 11.6 Å². The zero-order valence-electron chi connectivity index (χ0n) is 11.6. The molecular formula is C13H19F3N4. The Kier molecular flexibility index (Phi) is 4.06. The summed E-state index contributed by atoms with van der Waals surface area (Å²) in [6.45, 7) is 4.60. The second-order valence-electron chi connectivity index (χ2n) is 5.47. The van der Waals surface area contributed by atoms with Crippen molar-refractivity contribution in [2.24, 2.45) is 5.92 Å². The predicted octanol–water partition coefficient (Wildman–Crippen LogP) is 2.96. The van der Waals surface area contributed by atoms with Crippen LogP contribution in [0.25, 0.3) is 0 Å². The molecule has 2 heterocycles. The summed E-state index contributed by atoms with van der Waals surface area (Å²) in [4.78, 5) is 10.4. The highest BCUT2D eigenvalue weighted by Crippen LogP contribution is 2.35. The summed E-state index contributed by atoms with van der Waals surface area (Å²) in [5.74, 6) is 0.531. The van der Waals surface area contributed by atoms with E-state index in [2.05, 4.69) is 9.97 Å². The molecule has 1 fully saturated rings. The van der Waals surface area contributed by atoms with Crippen LogP contribution in [0.15, 0.2) is 6.07 Å². The summed E-state index contributed by atoms with van der Waals surface area (Å²) in [6.07, 6.45) is -3.89. The number of hydrogen-bond acceptors (Lipinski definition) is 4. The Labute approximate surface area is 116 Å². The van der Waals surface area contributed by atoms with Gasteiger partial charge < -0.3 is 10.6 Å². The van der Waals surface area contributed by atoms with Gasteiger partial charge in [0.2, 0.25) is 0 Å². The molecule has 112 valence electrons. The monoisotopic (exact) mass is 288 g/mol. The molecule has 0 atom stereocenters. The number of aromatic nitrogens is 2. The van der Waals surface area contributed by atoms with Crippen LogP contribution in [0.4, 0.5) is 24.8 Å². The van der Waals surface area contributed by atoms with Gasteiger partial charge in [0, 0.05) is 25.1 Å². The molecule has 2 rings (SSSR count). The molecule has 0 saturated carbocycles. The lowest BCUT2D eigenvalue weighted by Gasteiger charge is -2.33. The lowest BCUT2D eigenvalue weighted by Crippen LogP contribution is -2.39. The van der Waals surface area contributed by atoms with Crippen LogP contribution in [-0.4, -0.2) is 29.2 Å². The van der Waals surface area contributed by atoms with E-state index in [1.165, 1.54) is 0 Å². The van der Waals surface area contributed by atoms with Crippen LogP contribution in [-0.2, 0) is 0 Å². The van der Waals surface area contributed by atoms with E-state index in [9.17, 15) is 13.2 Å². The van der Waals surface area contributed by atoms with Crippen molar-refractivity contribution in [3.63, 3.8) is 0 Å². The lowest BCUT2D eigenvalue weighted by molar-refractivity contribution is -0.179. The molecule has 1 aromatic rings. The first-order valence-electron chi connectivity index (χ1n) is 6.73. The smallest absolute Gasteiger partial charge is 0.384 e. The van der Waals surface area contributed by atoms with Crippen molar-refractivity contribution in [3.05, 3.63) is 11.9 Å². The number of nitrogens with zero attached hydrogens (tertiary/aromatic N) is 3. The minimum Gasteiger partial charge on any atom is -0.384 e. The summed E-state index contributed by atoms with van der Waals surface area (Å²) in [5, 5.41) is 0. The van der Waals surface area contributed by atoms with Crippen molar-refractivity contribution in [2.75, 3.05) is 23.7 Å². The predicted molar refractivity (Wildman–Crippen MR) is 71.5 cm³/mol. The molecule has 0 unspecified atom stereocenters. The van der Waals surface area contributed by atoms with Crippen LogP contribution in [0.3, 0.4) is 0 Å². The fourth-order valence-corrected chi connectivity index (χ4v) is 2.33. The van der Waals surface area contributed by atoms with Crippen molar-refractivity contribution in [1.29, 1.82) is 0 Å². The average Bonchev–Trinajstić information content (AvgIpc) is 2.37. The van der Waals surface area contributed by atoms with Gasteiger partial charge in [-0.05, 0) is 12.8 Å². The van der Waals surface area contributed by atoms with Gasteiger partial charge in [-0.25, -0.2) is 9.97 Å². The standard InChI is InChI=1S/C13H19F3N4/c1-8(2)12-18-10(17)7-11(19-12)20-5-3-9(4-6-20)13(14,15)16/h7-9H,3-6H2,1-2H3,(H2,17,18,19). The summed E-state index contributed by atoms with van der Waals surface area (Å²) < 4.78 is 37.9. The van der Waals surface area contributed by atoms with E-state index in [4.69, 9.17) is 5.73 Å². The SMILES string of the molecule is CC(C)c1nc(N)cc(N2CCC(C(F)(F)F)CC2)n1. The minimum absolute atomic E-state index is 0.102. The number of nitrogen functional groups attached to an aromatic ring is 1. The Bertz CT molecular complexity index is 465. The largest absolute Gasteiger partial charge is 0.391 e. The Balaban J connectivity index is 2.11. The molecule has 0 amide bonds. The second-order valence-corrected chi connectivity index (χ2v) is 5.47. The van der Waals surface area contributed by atoms with Gasteiger partial charge in [-0.2, -0.15) is 13.2 Å². The Morgan fingerprint density at radius 3 is 2.35 bits per heavy atom. The number of halogens is 3. The number of rotatable bonds is 2. The number of nitrogens with two attached hydrogens (primary N) is 1. The van der Waals surface area contributed by atoms with Crippen LogP contribution in [0.5, 0.6) is 0 Å². The zero-order chi connectivity index (χ0) is 14.9. The molecule has 4 nitrogen and oxygen atoms in total. The minimum atomic E-state index is -4.10. The van der Waals surface area contributed by atoms with Crippen LogP contribution in [0.2, 0.25) is 0 Å². The number of alkyl halides is 3. The molecule has 0 aromatic carbocycles. The topological polar surface area (TPSA) is 55.0 Å². The molecule has 1 aliphatic rings. The summed E-state index contributed by atoms with van der Waals surface area (Å²) in [5.41, 5.74) is 5.74. The molecule has 1 aliphatic heterocycles. The van der Waals surface area contributed by atoms with E-state index in [-0.39, 0.29) is 18.8 Å². The molecular weight excluding hydrogens is 269 g/mol. The maximum absolute atomic E-state index is 12.6. The molecule has 1 aromatic heterocycles. The maximum Gasteiger partial charge on any atom is 0.391 e. The summed E-state index contributed by atoms with van der Waals surface area (Å²) in [6, 6.07) is 1.62. The molecule has 0 radical (unpaired) electrons. The quantitative estimate of drug-likeness (QED) is 0.909. The normalized spacial score (nSPS) is 17.8. The number of anilines is 2. The van der Waals surface area contributed by atoms with Crippen LogP contribution >= 0.6 is 0 Å². The van der Waals surface area contributed by atoms with Crippen molar-refractivity contribution in [2.45, 2.75) is 38.8 Å². The van der Waals surface area contributed by atoms with Gasteiger partial charge in [0.1, 0.15) is 17.5 Å². The highest BCUT2D eigenvalue weighted by Gasteiger charge is 2.41. The van der Waals surface area contributed by atoms with Gasteiger partial charge in [0.15, 0.2) is 0 Å². The van der Waals surface area contributed by atoms with Crippen LogP contribution < -0.4 is 10.6 Å². The second kappa shape index (κ2) is 5.46. The van der Waals surface area contributed by atoms with Gasteiger partial charge in [0.05, 0.1) is 5.92 Å². The first kappa shape index (κ1) is 14.9. The van der Waals surface area contributed by atoms with Gasteiger partial charge >= 0.3 is 6.18 Å². The molecule has 0 bridgehead atoms. The highest BCUT2D eigenvalue weighted by molar-refractivity contribution is 5.47. The molecule has 7 heteroatoms. The zero-order valence-corrected chi connectivity index (χ0v) is 11.6. The van der Waals surface area contributed by atoms with Gasteiger partial charge in [0.25, 0.3) is 0 Å². The van der Waals surface area contributed by atoms with E-state index in [0.29, 0.717) is 30.5 Å². The van der Waals surface area contributed by atoms with Crippen molar-refractivity contribution in [3.8, 4) is 0 Å². The molecule has 0 spiro atoms. The van der Waals surface area contributed by atoms with E-state index >= 15 is 0 Å². The van der Waals surface area contributed by atoms with E-state index < -0.39 is 12.1 Å². The Morgan fingerprint density at radius 1 is 1.25 bits per heavy atom. The Hall–Kier alpha value is -1.53. The maximum atomic E-state index is 12.6. The first-order chi connectivity index (χ1) is 9.27. The average molecular weight is 288 g/mol. The Morgan fingerprint density at radius 2 is 1.85 bits per heavy atom. The van der Waals surface area contributed by atoms with Crippen molar-refractivity contribution in [1.82, 2.24) is 9.97 Å². The van der Waals surface area contributed by atoms with Gasteiger partial charge in [-0.3, -0.25) is 0 Å². The fourth-order valence-electron chi connectivity index (χ4n) is 2.33. The fraction of sp³-hybridized carbons (Fsp3) is 0.692. The summed E-state index contributed by atoms with van der Waals surface area (Å²) >= 11 is 0. The molecule has 0 aliphatic carbocycles.